The van der Waals surface area contributed by atoms with E-state index < -0.39 is 0 Å². The van der Waals surface area contributed by atoms with E-state index in [-0.39, 0.29) is 5.97 Å². The number of ether oxygens (including phenoxy) is 1. The van der Waals surface area contributed by atoms with Gasteiger partial charge in [-0.3, -0.25) is 0 Å². The van der Waals surface area contributed by atoms with E-state index in [4.69, 9.17) is 27.9 Å². The molecular weight excluding hydrogens is 331 g/mol. The molecule has 0 aliphatic heterocycles. The normalized spacial score (nSPS) is 10.9. The summed E-state index contributed by atoms with van der Waals surface area (Å²) >= 11 is 12.1. The van der Waals surface area contributed by atoms with Crippen LogP contribution in [0.2, 0.25) is 10.0 Å². The molecule has 0 aromatic heterocycles. The molecule has 4 heteroatoms. The molecule has 0 N–H and O–H groups in total. The lowest BCUT2D eigenvalue weighted by atomic mass is 10.0. The number of hydrogen-bond donors (Lipinski definition) is 0. The van der Waals surface area contributed by atoms with E-state index in [1.54, 1.807) is 13.0 Å². The summed E-state index contributed by atoms with van der Waals surface area (Å²) in [6, 6.07) is 13.7. The Hall–Kier alpha value is -1.77. The fraction of sp³-hybridized carbons (Fsp3) is 0.211. The van der Waals surface area contributed by atoms with Crippen LogP contribution in [0, 0.1) is 0 Å². The molecule has 2 rings (SSSR count). The van der Waals surface area contributed by atoms with Gasteiger partial charge in [0.1, 0.15) is 0 Å². The molecule has 0 heterocycles. The van der Waals surface area contributed by atoms with Crippen LogP contribution in [0.3, 0.4) is 0 Å². The highest BCUT2D eigenvalue weighted by Gasteiger charge is 2.02. The fourth-order valence-corrected chi connectivity index (χ4v) is 2.73. The van der Waals surface area contributed by atoms with Gasteiger partial charge in [-0.05, 0) is 54.7 Å². The molecule has 0 fully saturated rings. The van der Waals surface area contributed by atoms with E-state index in [9.17, 15) is 4.79 Å². The third-order valence-corrected chi connectivity index (χ3v) is 3.73. The van der Waals surface area contributed by atoms with Crippen molar-refractivity contribution in [1.82, 2.24) is 0 Å². The van der Waals surface area contributed by atoms with Gasteiger partial charge in [0.25, 0.3) is 0 Å². The summed E-state index contributed by atoms with van der Waals surface area (Å²) in [5.74, 6) is -0.291. The summed E-state index contributed by atoms with van der Waals surface area (Å²) in [6.45, 7) is 2.19. The quantitative estimate of drug-likeness (QED) is 0.493. The number of aryl methyl sites for hydroxylation is 1. The maximum absolute atomic E-state index is 11.2. The van der Waals surface area contributed by atoms with Crippen molar-refractivity contribution in [3.63, 3.8) is 0 Å². The van der Waals surface area contributed by atoms with Crippen molar-refractivity contribution in [3.8, 4) is 11.1 Å². The largest absolute Gasteiger partial charge is 0.463 e. The fourth-order valence-electron chi connectivity index (χ4n) is 2.20. The molecule has 2 nitrogen and oxygen atoms in total. The van der Waals surface area contributed by atoms with Crippen molar-refractivity contribution in [2.24, 2.45) is 0 Å². The van der Waals surface area contributed by atoms with Crippen molar-refractivity contribution < 1.29 is 9.53 Å². The molecule has 0 radical (unpaired) electrons. The van der Waals surface area contributed by atoms with E-state index >= 15 is 0 Å². The van der Waals surface area contributed by atoms with E-state index in [0.29, 0.717) is 16.7 Å². The highest BCUT2D eigenvalue weighted by Crippen LogP contribution is 2.27. The van der Waals surface area contributed by atoms with Crippen molar-refractivity contribution in [3.05, 3.63) is 70.2 Å². The van der Waals surface area contributed by atoms with E-state index in [1.165, 1.54) is 11.6 Å². The highest BCUT2D eigenvalue weighted by molar-refractivity contribution is 6.35. The Morgan fingerprint density at radius 3 is 2.30 bits per heavy atom. The number of halogens is 2. The summed E-state index contributed by atoms with van der Waals surface area (Å²) < 4.78 is 4.83. The Morgan fingerprint density at radius 2 is 1.70 bits per heavy atom. The maximum atomic E-state index is 11.2. The lowest BCUT2D eigenvalue weighted by molar-refractivity contribution is -0.137. The number of carbonyl (C=O) groups is 1. The van der Waals surface area contributed by atoms with Crippen LogP contribution >= 0.6 is 23.2 Å². The molecule has 120 valence electrons. The van der Waals surface area contributed by atoms with E-state index in [2.05, 4.69) is 12.1 Å². The number of allylic oxidation sites excluding steroid dienone is 1. The summed E-state index contributed by atoms with van der Waals surface area (Å²) in [6.07, 6.45) is 4.97. The number of hydrogen-bond acceptors (Lipinski definition) is 2. The van der Waals surface area contributed by atoms with E-state index in [0.717, 1.165) is 24.0 Å². The van der Waals surface area contributed by atoms with Crippen LogP contribution in [0.1, 0.15) is 18.9 Å². The Labute approximate surface area is 146 Å². The SMILES string of the molecule is CCOC(=O)C=CCCc1ccc(-c2cc(Cl)cc(Cl)c2)cc1. The summed E-state index contributed by atoms with van der Waals surface area (Å²) in [5.41, 5.74) is 3.27. The number of esters is 1. The average molecular weight is 349 g/mol. The minimum atomic E-state index is -0.291. The topological polar surface area (TPSA) is 26.3 Å². The summed E-state index contributed by atoms with van der Waals surface area (Å²) in [5, 5.41) is 1.25. The average Bonchev–Trinajstić information content (AvgIpc) is 2.51. The molecule has 2 aromatic carbocycles. The molecule has 0 saturated heterocycles. The minimum Gasteiger partial charge on any atom is -0.463 e. The first kappa shape index (κ1) is 17.6. The van der Waals surface area contributed by atoms with Crippen LogP contribution in [0.15, 0.2) is 54.6 Å². The maximum Gasteiger partial charge on any atom is 0.330 e. The lowest BCUT2D eigenvalue weighted by Gasteiger charge is -2.05. The molecular formula is C19H18Cl2O2. The monoisotopic (exact) mass is 348 g/mol. The Kier molecular flexibility index (Phi) is 6.69. The Balaban J connectivity index is 1.96. The zero-order valence-corrected chi connectivity index (χ0v) is 14.4. The predicted molar refractivity (Wildman–Crippen MR) is 96.0 cm³/mol. The molecule has 0 aliphatic carbocycles. The zero-order chi connectivity index (χ0) is 16.7. The molecule has 0 unspecified atom stereocenters. The van der Waals surface area contributed by atoms with Crippen LogP contribution in [0.4, 0.5) is 0 Å². The lowest BCUT2D eigenvalue weighted by Crippen LogP contribution is -1.98. The first-order valence-electron chi connectivity index (χ1n) is 7.47. The first-order valence-corrected chi connectivity index (χ1v) is 8.23. The van der Waals surface area contributed by atoms with Gasteiger partial charge in [0.05, 0.1) is 6.61 Å². The number of carbonyl (C=O) groups excluding carboxylic acids is 1. The molecule has 0 atom stereocenters. The van der Waals surface area contributed by atoms with Crippen molar-refractivity contribution in [1.29, 1.82) is 0 Å². The number of rotatable bonds is 6. The minimum absolute atomic E-state index is 0.291. The van der Waals surface area contributed by atoms with Gasteiger partial charge in [0.2, 0.25) is 0 Å². The molecule has 0 aliphatic rings. The van der Waals surface area contributed by atoms with Crippen LogP contribution in [-0.2, 0) is 16.0 Å². The standard InChI is InChI=1S/C19H18Cl2O2/c1-2-23-19(22)6-4-3-5-14-7-9-15(10-8-14)16-11-17(20)13-18(21)12-16/h4,6-13H,2-3,5H2,1H3. The molecule has 0 amide bonds. The Morgan fingerprint density at radius 1 is 1.04 bits per heavy atom. The second kappa shape index (κ2) is 8.76. The highest BCUT2D eigenvalue weighted by atomic mass is 35.5. The van der Waals surface area contributed by atoms with Crippen LogP contribution in [0.5, 0.6) is 0 Å². The summed E-state index contributed by atoms with van der Waals surface area (Å²) in [4.78, 5) is 11.2. The zero-order valence-electron chi connectivity index (χ0n) is 12.9. The van der Waals surface area contributed by atoms with Gasteiger partial charge < -0.3 is 4.74 Å². The van der Waals surface area contributed by atoms with Crippen LogP contribution in [-0.4, -0.2) is 12.6 Å². The Bertz CT molecular complexity index is 671. The third kappa shape index (κ3) is 5.74. The number of benzene rings is 2. The first-order chi connectivity index (χ1) is 11.1. The van der Waals surface area contributed by atoms with Gasteiger partial charge >= 0.3 is 5.97 Å². The molecule has 0 bridgehead atoms. The van der Waals surface area contributed by atoms with Gasteiger partial charge in [0, 0.05) is 16.1 Å². The van der Waals surface area contributed by atoms with Crippen molar-refractivity contribution in [2.75, 3.05) is 6.61 Å². The predicted octanol–water partition coefficient (Wildman–Crippen LogP) is 5.71. The second-order valence-corrected chi connectivity index (χ2v) is 5.92. The van der Waals surface area contributed by atoms with Crippen LogP contribution < -0.4 is 0 Å². The molecule has 23 heavy (non-hydrogen) atoms. The van der Waals surface area contributed by atoms with Gasteiger partial charge in [-0.2, -0.15) is 0 Å². The second-order valence-electron chi connectivity index (χ2n) is 5.05. The third-order valence-electron chi connectivity index (χ3n) is 3.29. The smallest absolute Gasteiger partial charge is 0.330 e. The van der Waals surface area contributed by atoms with Gasteiger partial charge in [-0.25, -0.2) is 4.79 Å². The molecule has 0 spiro atoms. The van der Waals surface area contributed by atoms with Gasteiger partial charge in [-0.1, -0.05) is 53.5 Å². The van der Waals surface area contributed by atoms with Gasteiger partial charge in [-0.15, -0.1) is 0 Å². The molecule has 0 saturated carbocycles. The van der Waals surface area contributed by atoms with Crippen molar-refractivity contribution >= 4 is 29.2 Å². The summed E-state index contributed by atoms with van der Waals surface area (Å²) in [7, 11) is 0. The van der Waals surface area contributed by atoms with Gasteiger partial charge in [0.15, 0.2) is 0 Å². The van der Waals surface area contributed by atoms with E-state index in [1.807, 2.05) is 30.3 Å². The molecule has 2 aromatic rings. The van der Waals surface area contributed by atoms with Crippen molar-refractivity contribution in [2.45, 2.75) is 19.8 Å². The van der Waals surface area contributed by atoms with Crippen LogP contribution in [0.25, 0.3) is 11.1 Å².